The number of nitrogens with two attached hydrogens (primary N) is 2. The first-order chi connectivity index (χ1) is 6.74. The van der Waals surface area contributed by atoms with E-state index in [1.54, 1.807) is 0 Å². The number of hydrogen-bond acceptors (Lipinski definition) is 4. The maximum Gasteiger partial charge on any atom is 0.321 e. The molecule has 86 valence electrons. The summed E-state index contributed by atoms with van der Waals surface area (Å²) in [6, 6.07) is 1.19. The van der Waals surface area contributed by atoms with Gasteiger partial charge < -0.3 is 20.3 Å². The first-order valence-corrected chi connectivity index (χ1v) is 7.19. The lowest BCUT2D eigenvalue weighted by molar-refractivity contribution is 0.212. The molecule has 14 heavy (non-hydrogen) atoms. The predicted octanol–water partition coefficient (Wildman–Crippen LogP) is 0.346. The van der Waals surface area contributed by atoms with Gasteiger partial charge in [-0.25, -0.2) is 0 Å². The van der Waals surface area contributed by atoms with Crippen LogP contribution in [0.25, 0.3) is 0 Å². The molecule has 0 bridgehead atoms. The van der Waals surface area contributed by atoms with Gasteiger partial charge in [0, 0.05) is 19.3 Å². The normalized spacial score (nSPS) is 13.5. The molecule has 0 aliphatic carbocycles. The molecule has 0 aromatic carbocycles. The number of rotatable bonds is 9. The van der Waals surface area contributed by atoms with E-state index in [0.717, 1.165) is 32.1 Å². The fraction of sp³-hybridized carbons (Fsp3) is 1.00. The van der Waals surface area contributed by atoms with Crippen molar-refractivity contribution in [1.29, 1.82) is 0 Å². The Labute approximate surface area is 88.8 Å². The molecule has 0 amide bonds. The highest BCUT2D eigenvalue weighted by Crippen LogP contribution is 2.05. The van der Waals surface area contributed by atoms with Crippen LogP contribution in [-0.4, -0.2) is 35.1 Å². The van der Waals surface area contributed by atoms with E-state index in [9.17, 15) is 0 Å². The molecule has 0 aromatic rings. The highest BCUT2D eigenvalue weighted by molar-refractivity contribution is 6.44. The summed E-state index contributed by atoms with van der Waals surface area (Å²) in [6.07, 6.45) is 1.85. The summed E-state index contributed by atoms with van der Waals surface area (Å²) in [5, 5.41) is 0. The standard InChI is InChI=1S/C9H24N2O2Si/c1-3-12-14(13-4-2)8-6-9(11)5-7-10/h9,14H,3-8,10-11H2,1-2H3. The van der Waals surface area contributed by atoms with Gasteiger partial charge in [-0.2, -0.15) is 0 Å². The monoisotopic (exact) mass is 220 g/mol. The van der Waals surface area contributed by atoms with E-state index < -0.39 is 9.28 Å². The van der Waals surface area contributed by atoms with Crippen molar-refractivity contribution in [2.75, 3.05) is 19.8 Å². The van der Waals surface area contributed by atoms with E-state index >= 15 is 0 Å². The maximum atomic E-state index is 5.86. The van der Waals surface area contributed by atoms with Crippen molar-refractivity contribution in [3.05, 3.63) is 0 Å². The van der Waals surface area contributed by atoms with Gasteiger partial charge >= 0.3 is 9.28 Å². The van der Waals surface area contributed by atoms with Crippen molar-refractivity contribution in [1.82, 2.24) is 0 Å². The van der Waals surface area contributed by atoms with E-state index in [2.05, 4.69) is 0 Å². The maximum absolute atomic E-state index is 5.86. The van der Waals surface area contributed by atoms with Crippen LogP contribution in [0.4, 0.5) is 0 Å². The summed E-state index contributed by atoms with van der Waals surface area (Å²) in [7, 11) is -1.44. The minimum Gasteiger partial charge on any atom is -0.397 e. The SMILES string of the molecule is CCO[SiH](CCC(N)CCN)OCC. The van der Waals surface area contributed by atoms with Crippen molar-refractivity contribution < 1.29 is 8.85 Å². The zero-order chi connectivity index (χ0) is 10.8. The summed E-state index contributed by atoms with van der Waals surface area (Å²) in [5.74, 6) is 0. The minimum atomic E-state index is -1.44. The zero-order valence-corrected chi connectivity index (χ0v) is 10.5. The van der Waals surface area contributed by atoms with Gasteiger partial charge in [-0.3, -0.25) is 0 Å². The third-order valence-electron chi connectivity index (χ3n) is 2.02. The Morgan fingerprint density at radius 1 is 1.14 bits per heavy atom. The zero-order valence-electron chi connectivity index (χ0n) is 9.37. The Morgan fingerprint density at radius 3 is 2.14 bits per heavy atom. The molecular formula is C9H24N2O2Si. The van der Waals surface area contributed by atoms with Crippen molar-refractivity contribution in [3.8, 4) is 0 Å². The van der Waals surface area contributed by atoms with E-state index in [0.29, 0.717) is 6.54 Å². The Kier molecular flexibility index (Phi) is 9.64. The molecule has 5 heteroatoms. The first kappa shape index (κ1) is 14.1. The van der Waals surface area contributed by atoms with Crippen LogP contribution >= 0.6 is 0 Å². The highest BCUT2D eigenvalue weighted by Gasteiger charge is 2.13. The smallest absolute Gasteiger partial charge is 0.321 e. The molecule has 0 rings (SSSR count). The molecule has 1 unspecified atom stereocenters. The number of hydrogen-bond donors (Lipinski definition) is 2. The van der Waals surface area contributed by atoms with Gasteiger partial charge in [0.05, 0.1) is 0 Å². The third-order valence-corrected chi connectivity index (χ3v) is 4.23. The average molecular weight is 220 g/mol. The second-order valence-electron chi connectivity index (χ2n) is 3.26. The van der Waals surface area contributed by atoms with Gasteiger partial charge in [0.1, 0.15) is 0 Å². The Balaban J connectivity index is 3.57. The molecule has 0 aromatic heterocycles. The lowest BCUT2D eigenvalue weighted by atomic mass is 10.2. The van der Waals surface area contributed by atoms with Gasteiger partial charge in [0.15, 0.2) is 0 Å². The van der Waals surface area contributed by atoms with Crippen LogP contribution in [0.1, 0.15) is 26.7 Å². The van der Waals surface area contributed by atoms with Crippen molar-refractivity contribution in [3.63, 3.8) is 0 Å². The Bertz CT molecular complexity index is 121. The van der Waals surface area contributed by atoms with Gasteiger partial charge in [-0.05, 0) is 39.3 Å². The van der Waals surface area contributed by atoms with Crippen LogP contribution in [0.15, 0.2) is 0 Å². The fourth-order valence-corrected chi connectivity index (χ4v) is 3.17. The van der Waals surface area contributed by atoms with Gasteiger partial charge in [-0.1, -0.05) is 0 Å². The van der Waals surface area contributed by atoms with Crippen LogP contribution in [0.2, 0.25) is 6.04 Å². The molecule has 0 aliphatic rings. The predicted molar refractivity (Wildman–Crippen MR) is 61.5 cm³/mol. The van der Waals surface area contributed by atoms with E-state index in [1.807, 2.05) is 13.8 Å². The van der Waals surface area contributed by atoms with Crippen LogP contribution in [0.5, 0.6) is 0 Å². The first-order valence-electron chi connectivity index (χ1n) is 5.43. The Hall–Kier alpha value is 0.0569. The molecule has 0 saturated carbocycles. The molecule has 0 spiro atoms. The topological polar surface area (TPSA) is 70.5 Å². The van der Waals surface area contributed by atoms with Gasteiger partial charge in [0.2, 0.25) is 0 Å². The van der Waals surface area contributed by atoms with Gasteiger partial charge in [-0.15, -0.1) is 0 Å². The van der Waals surface area contributed by atoms with Crippen LogP contribution in [0.3, 0.4) is 0 Å². The summed E-state index contributed by atoms with van der Waals surface area (Å²) < 4.78 is 11.1. The Morgan fingerprint density at radius 2 is 1.71 bits per heavy atom. The second kappa shape index (κ2) is 9.61. The molecule has 4 N–H and O–H groups in total. The lowest BCUT2D eigenvalue weighted by Crippen LogP contribution is -2.29. The lowest BCUT2D eigenvalue weighted by Gasteiger charge is -2.16. The third kappa shape index (κ3) is 7.46. The van der Waals surface area contributed by atoms with E-state index in [-0.39, 0.29) is 6.04 Å². The van der Waals surface area contributed by atoms with Crippen molar-refractivity contribution >= 4 is 9.28 Å². The van der Waals surface area contributed by atoms with Crippen LogP contribution < -0.4 is 11.5 Å². The average Bonchev–Trinajstić information content (AvgIpc) is 2.15. The quantitative estimate of drug-likeness (QED) is 0.550. The molecule has 0 fully saturated rings. The molecule has 0 heterocycles. The highest BCUT2D eigenvalue weighted by atomic mass is 28.3. The summed E-state index contributed by atoms with van der Waals surface area (Å²) in [5.41, 5.74) is 11.3. The van der Waals surface area contributed by atoms with Crippen LogP contribution in [-0.2, 0) is 8.85 Å². The van der Waals surface area contributed by atoms with E-state index in [4.69, 9.17) is 20.3 Å². The van der Waals surface area contributed by atoms with Crippen molar-refractivity contribution in [2.24, 2.45) is 11.5 Å². The molecule has 1 atom stereocenters. The second-order valence-corrected chi connectivity index (χ2v) is 5.36. The fourth-order valence-electron chi connectivity index (χ4n) is 1.30. The van der Waals surface area contributed by atoms with E-state index in [1.165, 1.54) is 0 Å². The largest absolute Gasteiger partial charge is 0.397 e. The molecular weight excluding hydrogens is 196 g/mol. The molecule has 0 saturated heterocycles. The minimum absolute atomic E-state index is 0.205. The molecule has 0 aliphatic heterocycles. The molecule has 0 radical (unpaired) electrons. The summed E-state index contributed by atoms with van der Waals surface area (Å²) in [6.45, 7) is 6.14. The van der Waals surface area contributed by atoms with Gasteiger partial charge in [0.25, 0.3) is 0 Å². The van der Waals surface area contributed by atoms with Crippen LogP contribution in [0, 0.1) is 0 Å². The summed E-state index contributed by atoms with van der Waals surface area (Å²) >= 11 is 0. The summed E-state index contributed by atoms with van der Waals surface area (Å²) in [4.78, 5) is 0. The molecule has 4 nitrogen and oxygen atoms in total. The van der Waals surface area contributed by atoms with Crippen molar-refractivity contribution in [2.45, 2.75) is 38.8 Å².